The third-order valence-electron chi connectivity index (χ3n) is 0.175. The van der Waals surface area contributed by atoms with E-state index >= 15 is 0 Å². The van der Waals surface area contributed by atoms with Crippen LogP contribution in [0.5, 0.6) is 0 Å². The van der Waals surface area contributed by atoms with Crippen LogP contribution in [0, 0.1) is 0 Å². The van der Waals surface area contributed by atoms with Gasteiger partial charge < -0.3 is 5.11 Å². The van der Waals surface area contributed by atoms with Crippen LogP contribution in [0.2, 0.25) is 0 Å². The minimum absolute atomic E-state index is 0. The van der Waals surface area contributed by atoms with Gasteiger partial charge in [-0.05, 0) is 0 Å². The van der Waals surface area contributed by atoms with Gasteiger partial charge >= 0.3 is 64.2 Å². The topological polar surface area (TPSA) is 37.3 Å². The van der Waals surface area contributed by atoms with E-state index in [1.54, 1.807) is 0 Å². The molecule has 0 unspecified atom stereocenters. The molecule has 0 saturated carbocycles. The van der Waals surface area contributed by atoms with Crippen molar-refractivity contribution in [3.05, 3.63) is 12.7 Å². The number of aliphatic carboxylic acids is 1. The molecule has 0 fully saturated rings. The Morgan fingerprint density at radius 2 is 2.00 bits per heavy atom. The second kappa shape index (κ2) is 6.02. The number of carbonyl (C=O) groups is 1. The molecule has 0 aliphatic carbocycles. The molecule has 0 aliphatic rings. The van der Waals surface area contributed by atoms with E-state index in [1.807, 2.05) is 0 Å². The predicted molar refractivity (Wildman–Crippen MR) is 25.0 cm³/mol. The summed E-state index contributed by atoms with van der Waals surface area (Å²) in [5, 5.41) is 7.60. The molecule has 0 bridgehead atoms. The van der Waals surface area contributed by atoms with Gasteiger partial charge in [0.05, 0.1) is 0 Å². The predicted octanol–water partition coefficient (Wildman–Crippen LogP) is -0.392. The summed E-state index contributed by atoms with van der Waals surface area (Å²) in [6, 6.07) is 0. The Labute approximate surface area is 85.0 Å². The average molecular weight is 159 g/mol. The van der Waals surface area contributed by atoms with Gasteiger partial charge in [-0.1, -0.05) is 6.58 Å². The molecule has 0 spiro atoms. The van der Waals surface area contributed by atoms with Crippen LogP contribution in [0.4, 0.5) is 0 Å². The fraction of sp³-hybridized carbons (Fsp3) is 0. The quantitative estimate of drug-likeness (QED) is 0.528. The van der Waals surface area contributed by atoms with Gasteiger partial charge in [0, 0.05) is 6.08 Å². The number of carboxylic acids is 1. The van der Waals surface area contributed by atoms with E-state index in [2.05, 4.69) is 6.58 Å². The molecule has 0 aliphatic heterocycles. The molecule has 0 heterocycles. The zero-order valence-corrected chi connectivity index (χ0v) is 2.64. The Bertz CT molecular complexity index is 59.8. The van der Waals surface area contributed by atoms with Crippen molar-refractivity contribution in [2.24, 2.45) is 0 Å². The van der Waals surface area contributed by atoms with Crippen molar-refractivity contribution in [1.29, 1.82) is 0 Å². The first-order valence-electron chi connectivity index (χ1n) is 1.12. The summed E-state index contributed by atoms with van der Waals surface area (Å²) in [6.07, 6.45) is 0.833. The SMILES string of the molecule is C=CC(=O)O.[RbH]. The van der Waals surface area contributed by atoms with Crippen LogP contribution >= 0.6 is 0 Å². The van der Waals surface area contributed by atoms with E-state index in [1.165, 1.54) is 0 Å². The fourth-order valence-corrected chi connectivity index (χ4v) is 0. The third-order valence-corrected chi connectivity index (χ3v) is 0.175. The third kappa shape index (κ3) is 8.89. The van der Waals surface area contributed by atoms with E-state index in [9.17, 15) is 4.79 Å². The first-order chi connectivity index (χ1) is 2.27. The van der Waals surface area contributed by atoms with Gasteiger partial charge in [0.25, 0.3) is 0 Å². The van der Waals surface area contributed by atoms with Crippen LogP contribution in [-0.2, 0) is 4.79 Å². The summed E-state index contributed by atoms with van der Waals surface area (Å²) in [7, 11) is 0. The Kier molecular flexibility index (Phi) is 10.1. The van der Waals surface area contributed by atoms with Gasteiger partial charge in [-0.3, -0.25) is 0 Å². The maximum absolute atomic E-state index is 9.25. The zero-order valence-electron chi connectivity index (χ0n) is 2.64. The van der Waals surface area contributed by atoms with Gasteiger partial charge in [0.2, 0.25) is 0 Å². The first kappa shape index (κ1) is 10.1. The molecule has 1 N–H and O–H groups in total. The summed E-state index contributed by atoms with van der Waals surface area (Å²) < 4.78 is 0. The summed E-state index contributed by atoms with van der Waals surface area (Å²) in [5.74, 6) is -0.981. The van der Waals surface area contributed by atoms with Gasteiger partial charge in [-0.15, -0.1) is 0 Å². The molecule has 0 amide bonds. The van der Waals surface area contributed by atoms with Gasteiger partial charge in [-0.2, -0.15) is 0 Å². The second-order valence-corrected chi connectivity index (χ2v) is 0.542. The second-order valence-electron chi connectivity index (χ2n) is 0.542. The van der Waals surface area contributed by atoms with Crippen LogP contribution in [0.15, 0.2) is 12.7 Å². The molecule has 0 atom stereocenters. The molecular weight excluding hydrogens is 153 g/mol. The summed E-state index contributed by atoms with van der Waals surface area (Å²) >= 11 is 0. The van der Waals surface area contributed by atoms with E-state index in [4.69, 9.17) is 5.11 Å². The molecule has 6 heavy (non-hydrogen) atoms. The van der Waals surface area contributed by atoms with Crippen LogP contribution in [0.1, 0.15) is 0 Å². The Morgan fingerprint density at radius 1 is 1.83 bits per heavy atom. The van der Waals surface area contributed by atoms with Crippen LogP contribution in [-0.4, -0.2) is 69.3 Å². The van der Waals surface area contributed by atoms with Crippen molar-refractivity contribution < 1.29 is 9.90 Å². The first-order valence-corrected chi connectivity index (χ1v) is 1.12. The van der Waals surface area contributed by atoms with Crippen LogP contribution in [0.25, 0.3) is 0 Å². The maximum atomic E-state index is 9.25. The minimum atomic E-state index is -0.981. The molecule has 0 aromatic carbocycles. The van der Waals surface area contributed by atoms with Crippen molar-refractivity contribution in [2.45, 2.75) is 0 Å². The fourth-order valence-electron chi connectivity index (χ4n) is 0. The van der Waals surface area contributed by atoms with Crippen LogP contribution in [0.3, 0.4) is 0 Å². The van der Waals surface area contributed by atoms with E-state index < -0.39 is 5.97 Å². The monoisotopic (exact) mass is 158 g/mol. The molecule has 30 valence electrons. The van der Waals surface area contributed by atoms with Gasteiger partial charge in [-0.25, -0.2) is 4.79 Å². The molecular formula is C3H5O2Rb. The average Bonchev–Trinajstić information content (AvgIpc) is 1.38. The summed E-state index contributed by atoms with van der Waals surface area (Å²) in [5.41, 5.74) is 0. The zero-order chi connectivity index (χ0) is 4.28. The summed E-state index contributed by atoms with van der Waals surface area (Å²) in [6.45, 7) is 2.96. The van der Waals surface area contributed by atoms with E-state index in [0.717, 1.165) is 6.08 Å². The number of hydrogen-bond acceptors (Lipinski definition) is 1. The molecule has 0 rings (SSSR count). The van der Waals surface area contributed by atoms with E-state index in [-0.39, 0.29) is 58.2 Å². The van der Waals surface area contributed by atoms with Gasteiger partial charge in [0.1, 0.15) is 0 Å². The molecule has 0 radical (unpaired) electrons. The van der Waals surface area contributed by atoms with Crippen LogP contribution < -0.4 is 0 Å². The molecule has 0 aromatic rings. The Morgan fingerprint density at radius 3 is 2.00 bits per heavy atom. The van der Waals surface area contributed by atoms with Crippen molar-refractivity contribution in [1.82, 2.24) is 0 Å². The standard InChI is InChI=1S/C3H4O2.Rb.H/c1-2-3(4)5;;/h2H,1H2,(H,4,5);;. The summed E-state index contributed by atoms with van der Waals surface area (Å²) in [4.78, 5) is 9.25. The van der Waals surface area contributed by atoms with Crippen molar-refractivity contribution in [2.75, 3.05) is 0 Å². The number of carboxylic acid groups (broad SMARTS) is 1. The number of hydrogen-bond donors (Lipinski definition) is 1. The Balaban J connectivity index is 0. The van der Waals surface area contributed by atoms with Crippen molar-refractivity contribution in [3.63, 3.8) is 0 Å². The van der Waals surface area contributed by atoms with E-state index in [0.29, 0.717) is 0 Å². The van der Waals surface area contributed by atoms with Crippen molar-refractivity contribution in [3.8, 4) is 0 Å². The normalized spacial score (nSPS) is 5.33. The molecule has 3 heteroatoms. The van der Waals surface area contributed by atoms with Crippen molar-refractivity contribution >= 4 is 64.2 Å². The molecule has 2 nitrogen and oxygen atoms in total. The molecule has 0 aromatic heterocycles. The number of rotatable bonds is 1. The Hall–Kier alpha value is 1.02. The molecule has 0 saturated heterocycles. The van der Waals surface area contributed by atoms with Gasteiger partial charge in [0.15, 0.2) is 0 Å².